The quantitative estimate of drug-likeness (QED) is 0.907. The highest BCUT2D eigenvalue weighted by Crippen LogP contribution is 2.25. The molecule has 82 valence electrons. The second kappa shape index (κ2) is 4.51. The van der Waals surface area contributed by atoms with Crippen LogP contribution in [0.4, 0.5) is 0 Å². The third-order valence-electron chi connectivity index (χ3n) is 1.48. The van der Waals surface area contributed by atoms with Crippen molar-refractivity contribution in [1.82, 2.24) is 4.72 Å². The van der Waals surface area contributed by atoms with Crippen molar-refractivity contribution in [3.63, 3.8) is 0 Å². The lowest BCUT2D eigenvalue weighted by Gasteiger charge is -2.05. The topological polar surface area (TPSA) is 63.2 Å². The first kappa shape index (κ1) is 12.5. The Morgan fingerprint density at radius 1 is 1.47 bits per heavy atom. The van der Waals surface area contributed by atoms with Crippen LogP contribution in [0.25, 0.3) is 0 Å². The van der Waals surface area contributed by atoms with Crippen LogP contribution in [0.1, 0.15) is 6.92 Å². The minimum atomic E-state index is -3.80. The van der Waals surface area contributed by atoms with Crippen molar-refractivity contribution in [2.45, 2.75) is 11.8 Å². The third-order valence-corrected chi connectivity index (χ3v) is 4.14. The van der Waals surface area contributed by atoms with E-state index in [-0.39, 0.29) is 9.92 Å². The van der Waals surface area contributed by atoms with Crippen molar-refractivity contribution in [1.29, 1.82) is 0 Å². The molecule has 15 heavy (non-hydrogen) atoms. The molecule has 0 aromatic heterocycles. The van der Waals surface area contributed by atoms with Gasteiger partial charge in [-0.05, 0) is 34.1 Å². The summed E-state index contributed by atoms with van der Waals surface area (Å²) in [4.78, 5) is 10.6. The van der Waals surface area contributed by atoms with Crippen molar-refractivity contribution >= 4 is 43.5 Å². The van der Waals surface area contributed by atoms with Gasteiger partial charge in [-0.3, -0.25) is 4.79 Å². The molecule has 1 amide bonds. The number of rotatable bonds is 2. The lowest BCUT2D eigenvalue weighted by atomic mass is 10.4. The SMILES string of the molecule is CC(=O)NS(=O)(=O)c1ccc(Br)c(Cl)c1. The van der Waals surface area contributed by atoms with Crippen molar-refractivity contribution in [3.8, 4) is 0 Å². The van der Waals surface area contributed by atoms with Crippen LogP contribution in [-0.2, 0) is 14.8 Å². The van der Waals surface area contributed by atoms with Crippen molar-refractivity contribution in [2.75, 3.05) is 0 Å². The molecule has 0 unspecified atom stereocenters. The molecule has 0 atom stereocenters. The van der Waals surface area contributed by atoms with Crippen molar-refractivity contribution in [3.05, 3.63) is 27.7 Å². The summed E-state index contributed by atoms with van der Waals surface area (Å²) < 4.78 is 25.4. The molecule has 1 rings (SSSR count). The van der Waals surface area contributed by atoms with Gasteiger partial charge in [0.25, 0.3) is 10.0 Å². The number of carbonyl (C=O) groups is 1. The Morgan fingerprint density at radius 3 is 2.53 bits per heavy atom. The number of nitrogens with one attached hydrogen (secondary N) is 1. The van der Waals surface area contributed by atoms with Gasteiger partial charge >= 0.3 is 0 Å². The largest absolute Gasteiger partial charge is 0.274 e. The van der Waals surface area contributed by atoms with Gasteiger partial charge in [0.2, 0.25) is 5.91 Å². The zero-order valence-corrected chi connectivity index (χ0v) is 10.8. The van der Waals surface area contributed by atoms with Gasteiger partial charge < -0.3 is 0 Å². The highest BCUT2D eigenvalue weighted by atomic mass is 79.9. The molecule has 1 N–H and O–H groups in total. The zero-order valence-electron chi connectivity index (χ0n) is 7.62. The summed E-state index contributed by atoms with van der Waals surface area (Å²) in [6.07, 6.45) is 0. The molecule has 0 saturated carbocycles. The monoisotopic (exact) mass is 311 g/mol. The predicted molar refractivity (Wildman–Crippen MR) is 60.2 cm³/mol. The summed E-state index contributed by atoms with van der Waals surface area (Å²) >= 11 is 8.87. The number of sulfonamides is 1. The Balaban J connectivity index is 3.17. The molecule has 7 heteroatoms. The average Bonchev–Trinajstić information content (AvgIpc) is 2.07. The van der Waals surface area contributed by atoms with Crippen LogP contribution >= 0.6 is 27.5 Å². The molecule has 0 aliphatic rings. The second-order valence-electron chi connectivity index (χ2n) is 2.74. The molecule has 1 aromatic carbocycles. The molecule has 0 bridgehead atoms. The van der Waals surface area contributed by atoms with E-state index in [0.29, 0.717) is 4.47 Å². The third kappa shape index (κ3) is 3.19. The molecule has 0 fully saturated rings. The summed E-state index contributed by atoms with van der Waals surface area (Å²) in [5, 5.41) is 0.265. The zero-order chi connectivity index (χ0) is 11.6. The maximum absolute atomic E-state index is 11.5. The fraction of sp³-hybridized carbons (Fsp3) is 0.125. The Hall–Kier alpha value is -0.590. The normalized spacial score (nSPS) is 11.1. The summed E-state index contributed by atoms with van der Waals surface area (Å²) in [5.41, 5.74) is 0. The van der Waals surface area contributed by atoms with Crippen LogP contribution in [-0.4, -0.2) is 14.3 Å². The fourth-order valence-corrected chi connectivity index (χ4v) is 2.40. The van der Waals surface area contributed by atoms with Crippen LogP contribution in [0.5, 0.6) is 0 Å². The van der Waals surface area contributed by atoms with E-state index >= 15 is 0 Å². The van der Waals surface area contributed by atoms with Crippen LogP contribution < -0.4 is 4.72 Å². The van der Waals surface area contributed by atoms with Crippen LogP contribution in [0.2, 0.25) is 5.02 Å². The van der Waals surface area contributed by atoms with Crippen molar-refractivity contribution < 1.29 is 13.2 Å². The minimum absolute atomic E-state index is 0.0501. The number of hydrogen-bond donors (Lipinski definition) is 1. The highest BCUT2D eigenvalue weighted by molar-refractivity contribution is 9.10. The van der Waals surface area contributed by atoms with Gasteiger partial charge in [0.1, 0.15) is 0 Å². The first-order chi connectivity index (χ1) is 6.83. The van der Waals surface area contributed by atoms with E-state index in [4.69, 9.17) is 11.6 Å². The smallest absolute Gasteiger partial charge is 0.264 e. The molecular formula is C8H7BrClNO3S. The number of benzene rings is 1. The van der Waals surface area contributed by atoms with Crippen molar-refractivity contribution in [2.24, 2.45) is 0 Å². The van der Waals surface area contributed by atoms with Gasteiger partial charge in [-0.25, -0.2) is 13.1 Å². The van der Waals surface area contributed by atoms with Gasteiger partial charge in [-0.1, -0.05) is 11.6 Å². The lowest BCUT2D eigenvalue weighted by Crippen LogP contribution is -2.28. The Kier molecular flexibility index (Phi) is 3.75. The molecule has 4 nitrogen and oxygen atoms in total. The van der Waals surface area contributed by atoms with Crippen LogP contribution in [0.15, 0.2) is 27.6 Å². The lowest BCUT2D eigenvalue weighted by molar-refractivity contribution is -0.117. The van der Waals surface area contributed by atoms with Gasteiger partial charge in [0.05, 0.1) is 9.92 Å². The highest BCUT2D eigenvalue weighted by Gasteiger charge is 2.16. The molecule has 0 aliphatic carbocycles. The van der Waals surface area contributed by atoms with E-state index in [9.17, 15) is 13.2 Å². The number of amides is 1. The summed E-state index contributed by atoms with van der Waals surface area (Å²) in [7, 11) is -3.80. The fourth-order valence-electron chi connectivity index (χ4n) is 0.892. The van der Waals surface area contributed by atoms with E-state index in [1.807, 2.05) is 4.72 Å². The van der Waals surface area contributed by atoms with Gasteiger partial charge in [-0.15, -0.1) is 0 Å². The molecular weight excluding hydrogens is 306 g/mol. The molecule has 0 radical (unpaired) electrons. The minimum Gasteiger partial charge on any atom is -0.274 e. The summed E-state index contributed by atoms with van der Waals surface area (Å²) in [6, 6.07) is 4.11. The van der Waals surface area contributed by atoms with Crippen LogP contribution in [0.3, 0.4) is 0 Å². The first-order valence-electron chi connectivity index (χ1n) is 3.81. The van der Waals surface area contributed by atoms with E-state index in [0.717, 1.165) is 6.92 Å². The van der Waals surface area contributed by atoms with Gasteiger partial charge in [0, 0.05) is 11.4 Å². The number of halogens is 2. The van der Waals surface area contributed by atoms with E-state index in [2.05, 4.69) is 15.9 Å². The molecule has 1 aromatic rings. The Labute approximate surface area is 101 Å². The van der Waals surface area contributed by atoms with E-state index in [1.54, 1.807) is 0 Å². The Bertz CT molecular complexity index is 501. The second-order valence-corrected chi connectivity index (χ2v) is 5.68. The Morgan fingerprint density at radius 2 is 2.07 bits per heavy atom. The maximum Gasteiger partial charge on any atom is 0.264 e. The maximum atomic E-state index is 11.5. The molecule has 0 saturated heterocycles. The first-order valence-corrected chi connectivity index (χ1v) is 6.47. The predicted octanol–water partition coefficient (Wildman–Crippen LogP) is 1.93. The van der Waals surface area contributed by atoms with E-state index in [1.165, 1.54) is 18.2 Å². The summed E-state index contributed by atoms with van der Waals surface area (Å²) in [6.45, 7) is 1.12. The number of carbonyl (C=O) groups excluding carboxylic acids is 1. The standard InChI is InChI=1S/C8H7BrClNO3S/c1-5(12)11-15(13,14)6-2-3-7(9)8(10)4-6/h2-4H,1H3,(H,11,12). The molecule has 0 spiro atoms. The van der Waals surface area contributed by atoms with E-state index < -0.39 is 15.9 Å². The van der Waals surface area contributed by atoms with Gasteiger partial charge in [-0.2, -0.15) is 0 Å². The molecule has 0 aliphatic heterocycles. The average molecular weight is 313 g/mol. The number of hydrogen-bond acceptors (Lipinski definition) is 3. The van der Waals surface area contributed by atoms with Gasteiger partial charge in [0.15, 0.2) is 0 Å². The summed E-state index contributed by atoms with van der Waals surface area (Å²) in [5.74, 6) is -0.644. The molecule has 0 heterocycles. The van der Waals surface area contributed by atoms with Crippen LogP contribution in [0, 0.1) is 0 Å².